The SMILES string of the molecule is O=C(Nc1scc(-c2ccc(Cl)cc2)c1C(=O)O)c1cc(Cl)ccc1Cl. The van der Waals surface area contributed by atoms with Crippen molar-refractivity contribution in [3.8, 4) is 11.1 Å². The summed E-state index contributed by atoms with van der Waals surface area (Å²) in [4.78, 5) is 24.3. The quantitative estimate of drug-likeness (QED) is 0.512. The maximum atomic E-state index is 12.5. The molecule has 0 radical (unpaired) electrons. The van der Waals surface area contributed by atoms with Gasteiger partial charge >= 0.3 is 5.97 Å². The van der Waals surface area contributed by atoms with Crippen molar-refractivity contribution >= 4 is 63.0 Å². The minimum atomic E-state index is -1.15. The lowest BCUT2D eigenvalue weighted by Crippen LogP contribution is -2.14. The van der Waals surface area contributed by atoms with E-state index in [1.165, 1.54) is 12.1 Å². The molecule has 0 fully saturated rings. The second kappa shape index (κ2) is 7.68. The lowest BCUT2D eigenvalue weighted by Gasteiger charge is -2.08. The highest BCUT2D eigenvalue weighted by Gasteiger charge is 2.22. The summed E-state index contributed by atoms with van der Waals surface area (Å²) in [6, 6.07) is 11.3. The standard InChI is InChI=1S/C18H10Cl3NO3S/c19-10-3-1-9(2-4-10)13-8-26-17(15(13)18(24)25)22-16(23)12-7-11(20)5-6-14(12)21/h1-8H,(H,22,23)(H,24,25). The number of carboxylic acid groups (broad SMARTS) is 1. The van der Waals surface area contributed by atoms with Crippen LogP contribution in [0.4, 0.5) is 5.00 Å². The third kappa shape index (κ3) is 3.86. The van der Waals surface area contributed by atoms with Crippen molar-refractivity contribution in [1.82, 2.24) is 0 Å². The fraction of sp³-hybridized carbons (Fsp3) is 0. The van der Waals surface area contributed by atoms with E-state index in [1.54, 1.807) is 35.7 Å². The molecule has 132 valence electrons. The Hall–Kier alpha value is -2.05. The summed E-state index contributed by atoms with van der Waals surface area (Å²) >= 11 is 18.9. The predicted molar refractivity (Wildman–Crippen MR) is 106 cm³/mol. The number of halogens is 3. The third-order valence-electron chi connectivity index (χ3n) is 3.56. The minimum absolute atomic E-state index is 0.00354. The Balaban J connectivity index is 1.98. The Morgan fingerprint density at radius 2 is 1.62 bits per heavy atom. The van der Waals surface area contributed by atoms with Crippen LogP contribution in [-0.4, -0.2) is 17.0 Å². The second-order valence-corrected chi connectivity index (χ2v) is 7.40. The molecule has 3 rings (SSSR count). The molecule has 1 amide bonds. The van der Waals surface area contributed by atoms with E-state index in [2.05, 4.69) is 5.32 Å². The topological polar surface area (TPSA) is 66.4 Å². The summed E-state index contributed by atoms with van der Waals surface area (Å²) in [5, 5.41) is 15.2. The minimum Gasteiger partial charge on any atom is -0.478 e. The molecule has 2 N–H and O–H groups in total. The van der Waals surface area contributed by atoms with Gasteiger partial charge in [0.1, 0.15) is 10.6 Å². The molecule has 0 bridgehead atoms. The average Bonchev–Trinajstić information content (AvgIpc) is 3.01. The Bertz CT molecular complexity index is 999. The fourth-order valence-corrected chi connectivity index (χ4v) is 3.80. The third-order valence-corrected chi connectivity index (χ3v) is 5.27. The first kappa shape index (κ1) is 18.7. The van der Waals surface area contributed by atoms with Gasteiger partial charge in [0.15, 0.2) is 0 Å². The van der Waals surface area contributed by atoms with Gasteiger partial charge in [0.05, 0.1) is 10.6 Å². The number of aromatic carboxylic acids is 1. The van der Waals surface area contributed by atoms with Gasteiger partial charge < -0.3 is 10.4 Å². The highest BCUT2D eigenvalue weighted by atomic mass is 35.5. The van der Waals surface area contributed by atoms with Crippen molar-refractivity contribution in [2.75, 3.05) is 5.32 Å². The summed E-state index contributed by atoms with van der Waals surface area (Å²) in [6.07, 6.45) is 0. The number of hydrogen-bond acceptors (Lipinski definition) is 3. The number of carbonyl (C=O) groups excluding carboxylic acids is 1. The summed E-state index contributed by atoms with van der Waals surface area (Å²) in [7, 11) is 0. The number of benzene rings is 2. The summed E-state index contributed by atoms with van der Waals surface area (Å²) < 4.78 is 0. The number of rotatable bonds is 4. The van der Waals surface area contributed by atoms with E-state index in [0.717, 1.165) is 11.3 Å². The highest BCUT2D eigenvalue weighted by molar-refractivity contribution is 7.15. The van der Waals surface area contributed by atoms with Crippen molar-refractivity contribution in [2.45, 2.75) is 0 Å². The molecule has 1 aromatic heterocycles. The molecule has 0 aliphatic heterocycles. The number of anilines is 1. The second-order valence-electron chi connectivity index (χ2n) is 5.24. The maximum Gasteiger partial charge on any atom is 0.339 e. The molecule has 0 atom stereocenters. The first-order valence-corrected chi connectivity index (χ1v) is 9.25. The molecular weight excluding hydrogens is 417 g/mol. The number of hydrogen-bond donors (Lipinski definition) is 2. The van der Waals surface area contributed by atoms with Gasteiger partial charge in [-0.1, -0.05) is 46.9 Å². The number of thiophene rings is 1. The zero-order valence-corrected chi connectivity index (χ0v) is 16.0. The zero-order valence-electron chi connectivity index (χ0n) is 12.9. The number of carboxylic acids is 1. The van der Waals surface area contributed by atoms with Crippen LogP contribution in [0.2, 0.25) is 15.1 Å². The molecule has 26 heavy (non-hydrogen) atoms. The Kier molecular flexibility index (Phi) is 5.53. The van der Waals surface area contributed by atoms with Gasteiger partial charge in [-0.3, -0.25) is 4.79 Å². The fourth-order valence-electron chi connectivity index (χ4n) is 2.35. The molecule has 0 spiro atoms. The van der Waals surface area contributed by atoms with Gasteiger partial charge in [-0.25, -0.2) is 4.79 Å². The Morgan fingerprint density at radius 1 is 0.962 bits per heavy atom. The number of amides is 1. The largest absolute Gasteiger partial charge is 0.478 e. The lowest BCUT2D eigenvalue weighted by atomic mass is 10.0. The van der Waals surface area contributed by atoms with Gasteiger partial charge in [-0.15, -0.1) is 11.3 Å². The van der Waals surface area contributed by atoms with Crippen molar-refractivity contribution in [3.05, 3.63) is 74.0 Å². The lowest BCUT2D eigenvalue weighted by molar-refractivity contribution is 0.0699. The molecule has 3 aromatic rings. The normalized spacial score (nSPS) is 10.6. The van der Waals surface area contributed by atoms with Crippen LogP contribution in [0.3, 0.4) is 0 Å². The first-order chi connectivity index (χ1) is 12.4. The average molecular weight is 427 g/mol. The van der Waals surface area contributed by atoms with Gasteiger partial charge in [-0.05, 0) is 35.9 Å². The summed E-state index contributed by atoms with van der Waals surface area (Å²) in [6.45, 7) is 0. The van der Waals surface area contributed by atoms with Crippen LogP contribution < -0.4 is 5.32 Å². The van der Waals surface area contributed by atoms with Crippen molar-refractivity contribution in [3.63, 3.8) is 0 Å². The highest BCUT2D eigenvalue weighted by Crippen LogP contribution is 2.36. The Labute approximate surface area is 167 Å². The molecule has 1 heterocycles. The molecule has 2 aromatic carbocycles. The molecule has 0 aliphatic carbocycles. The molecule has 0 aliphatic rings. The van der Waals surface area contributed by atoms with E-state index in [1.807, 2.05) is 0 Å². The number of carbonyl (C=O) groups is 2. The molecule has 4 nitrogen and oxygen atoms in total. The monoisotopic (exact) mass is 425 g/mol. The molecule has 0 saturated carbocycles. The van der Waals surface area contributed by atoms with Crippen LogP contribution in [0.5, 0.6) is 0 Å². The van der Waals surface area contributed by atoms with Crippen molar-refractivity contribution in [2.24, 2.45) is 0 Å². The zero-order chi connectivity index (χ0) is 18.8. The van der Waals surface area contributed by atoms with Crippen LogP contribution >= 0.6 is 46.1 Å². The summed E-state index contributed by atoms with van der Waals surface area (Å²) in [5.74, 6) is -1.69. The van der Waals surface area contributed by atoms with E-state index in [4.69, 9.17) is 34.8 Å². The summed E-state index contributed by atoms with van der Waals surface area (Å²) in [5.41, 5.74) is 1.34. The van der Waals surface area contributed by atoms with Crippen molar-refractivity contribution in [1.29, 1.82) is 0 Å². The first-order valence-electron chi connectivity index (χ1n) is 7.24. The van der Waals surface area contributed by atoms with Crippen LogP contribution in [0, 0.1) is 0 Å². The van der Waals surface area contributed by atoms with E-state index < -0.39 is 11.9 Å². The number of nitrogens with one attached hydrogen (secondary N) is 1. The van der Waals surface area contributed by atoms with Gasteiger partial charge in [0, 0.05) is 21.0 Å². The van der Waals surface area contributed by atoms with E-state index in [9.17, 15) is 14.7 Å². The van der Waals surface area contributed by atoms with Gasteiger partial charge in [0.2, 0.25) is 0 Å². The predicted octanol–water partition coefficient (Wildman–Crippen LogP) is 6.33. The smallest absolute Gasteiger partial charge is 0.339 e. The molecule has 0 saturated heterocycles. The molecule has 0 unspecified atom stereocenters. The van der Waals surface area contributed by atoms with Crippen LogP contribution in [0.15, 0.2) is 47.8 Å². The van der Waals surface area contributed by atoms with Crippen LogP contribution in [-0.2, 0) is 0 Å². The van der Waals surface area contributed by atoms with E-state index >= 15 is 0 Å². The Morgan fingerprint density at radius 3 is 2.27 bits per heavy atom. The van der Waals surface area contributed by atoms with E-state index in [0.29, 0.717) is 21.2 Å². The molecular formula is C18H10Cl3NO3S. The van der Waals surface area contributed by atoms with E-state index in [-0.39, 0.29) is 21.2 Å². The van der Waals surface area contributed by atoms with Crippen LogP contribution in [0.1, 0.15) is 20.7 Å². The van der Waals surface area contributed by atoms with Gasteiger partial charge in [0.25, 0.3) is 5.91 Å². The maximum absolute atomic E-state index is 12.5. The van der Waals surface area contributed by atoms with Crippen molar-refractivity contribution < 1.29 is 14.7 Å². The molecule has 8 heteroatoms. The van der Waals surface area contributed by atoms with Crippen LogP contribution in [0.25, 0.3) is 11.1 Å². The van der Waals surface area contributed by atoms with Gasteiger partial charge in [-0.2, -0.15) is 0 Å².